The average Bonchev–Trinajstić information content (AvgIpc) is 3.35. The van der Waals surface area contributed by atoms with Gasteiger partial charge in [0.05, 0.1) is 34.4 Å². The molecule has 2 heterocycles. The van der Waals surface area contributed by atoms with Crippen molar-refractivity contribution in [3.8, 4) is 11.4 Å². The minimum Gasteiger partial charge on any atom is -0.305 e. The van der Waals surface area contributed by atoms with Gasteiger partial charge in [0.2, 0.25) is 0 Å². The molecule has 0 atom stereocenters. The number of rotatable bonds is 5. The van der Waals surface area contributed by atoms with Crippen molar-refractivity contribution < 1.29 is 18.0 Å². The Morgan fingerprint density at radius 2 is 1.75 bits per heavy atom. The van der Waals surface area contributed by atoms with E-state index in [1.54, 1.807) is 23.0 Å². The van der Waals surface area contributed by atoms with E-state index in [9.17, 15) is 18.0 Å². The molecule has 0 spiro atoms. The Kier molecular flexibility index (Phi) is 4.80. The molecule has 6 nitrogen and oxygen atoms in total. The molecule has 162 valence electrons. The highest BCUT2D eigenvalue weighted by atomic mass is 19.4. The number of benzene rings is 2. The first kappa shape index (κ1) is 20.0. The largest absolute Gasteiger partial charge is 0.416 e. The number of nitrogens with zero attached hydrogens (tertiary/aromatic N) is 4. The van der Waals surface area contributed by atoms with Gasteiger partial charge in [0.1, 0.15) is 0 Å². The second-order valence-electron chi connectivity index (χ2n) is 7.61. The summed E-state index contributed by atoms with van der Waals surface area (Å²) in [5, 5.41) is 11.4. The number of aromatic nitrogens is 4. The molecule has 0 bridgehead atoms. The Hall–Kier alpha value is -3.88. The van der Waals surface area contributed by atoms with E-state index in [2.05, 4.69) is 15.5 Å². The molecule has 1 aliphatic rings. The highest BCUT2D eigenvalue weighted by Gasteiger charge is 2.34. The second kappa shape index (κ2) is 7.67. The molecule has 32 heavy (non-hydrogen) atoms. The molecule has 0 radical (unpaired) electrons. The molecular weight excluding hydrogens is 419 g/mol. The van der Waals surface area contributed by atoms with Crippen LogP contribution < -0.4 is 5.32 Å². The van der Waals surface area contributed by atoms with Crippen molar-refractivity contribution in [3.05, 3.63) is 89.9 Å². The van der Waals surface area contributed by atoms with Crippen LogP contribution in [0.3, 0.4) is 0 Å². The van der Waals surface area contributed by atoms with Crippen molar-refractivity contribution in [2.75, 3.05) is 5.32 Å². The third-order valence-electron chi connectivity index (χ3n) is 5.28. The van der Waals surface area contributed by atoms with Gasteiger partial charge in [-0.25, -0.2) is 9.36 Å². The Balaban J connectivity index is 1.43. The van der Waals surface area contributed by atoms with Crippen LogP contribution in [0.2, 0.25) is 0 Å². The van der Waals surface area contributed by atoms with Gasteiger partial charge in [-0.3, -0.25) is 4.79 Å². The number of nitrogens with one attached hydrogen (secondary N) is 1. The van der Waals surface area contributed by atoms with Crippen LogP contribution >= 0.6 is 0 Å². The Morgan fingerprint density at radius 1 is 1.00 bits per heavy atom. The first-order chi connectivity index (χ1) is 15.4. The fraction of sp³-hybridized carbons (Fsp3) is 0.174. The monoisotopic (exact) mass is 437 g/mol. The van der Waals surface area contributed by atoms with Crippen molar-refractivity contribution in [3.63, 3.8) is 0 Å². The molecule has 2 aromatic carbocycles. The van der Waals surface area contributed by atoms with Crippen molar-refractivity contribution in [1.29, 1.82) is 0 Å². The minimum atomic E-state index is -4.46. The predicted molar refractivity (Wildman–Crippen MR) is 112 cm³/mol. The topological polar surface area (TPSA) is 64.7 Å². The zero-order valence-electron chi connectivity index (χ0n) is 16.8. The van der Waals surface area contributed by atoms with Crippen LogP contribution in [0.5, 0.6) is 0 Å². The highest BCUT2D eigenvalue weighted by molar-refractivity contribution is 6.04. The lowest BCUT2D eigenvalue weighted by Gasteiger charge is -2.12. The molecule has 1 fully saturated rings. The summed E-state index contributed by atoms with van der Waals surface area (Å²) in [5.41, 5.74) is 1.31. The van der Waals surface area contributed by atoms with Crippen molar-refractivity contribution in [2.24, 2.45) is 0 Å². The summed E-state index contributed by atoms with van der Waals surface area (Å²) in [6.45, 7) is 0. The van der Waals surface area contributed by atoms with Gasteiger partial charge in [0, 0.05) is 18.2 Å². The van der Waals surface area contributed by atoms with Gasteiger partial charge >= 0.3 is 6.18 Å². The number of halogens is 3. The van der Waals surface area contributed by atoms with Gasteiger partial charge in [0.25, 0.3) is 5.91 Å². The molecule has 5 rings (SSSR count). The minimum absolute atomic E-state index is 0.0784. The van der Waals surface area contributed by atoms with Gasteiger partial charge in [-0.1, -0.05) is 24.3 Å². The maximum atomic E-state index is 13.2. The van der Waals surface area contributed by atoms with Gasteiger partial charge in [-0.05, 0) is 43.2 Å². The summed E-state index contributed by atoms with van der Waals surface area (Å²) in [7, 11) is 0. The molecule has 1 aliphatic carbocycles. The number of hydrogen-bond donors (Lipinski definition) is 1. The van der Waals surface area contributed by atoms with Gasteiger partial charge in [-0.2, -0.15) is 23.4 Å². The number of alkyl halides is 3. The molecule has 0 aliphatic heterocycles. The lowest BCUT2D eigenvalue weighted by molar-refractivity contribution is -0.137. The van der Waals surface area contributed by atoms with Crippen LogP contribution in [0.25, 0.3) is 11.4 Å². The molecule has 0 unspecified atom stereocenters. The van der Waals surface area contributed by atoms with E-state index < -0.39 is 17.6 Å². The standard InChI is InChI=1S/C23H18F3N5O/c24-23(25,26)16-5-4-8-18(13-16)31-21(15-9-10-15)19(14-27-31)22(32)28-20-11-12-30(29-20)17-6-2-1-3-7-17/h1-8,11-15H,9-10H2,(H,28,29,32). The van der Waals surface area contributed by atoms with Crippen molar-refractivity contribution in [2.45, 2.75) is 24.9 Å². The quantitative estimate of drug-likeness (QED) is 0.466. The third kappa shape index (κ3) is 3.89. The smallest absolute Gasteiger partial charge is 0.305 e. The Labute approximate surface area is 181 Å². The summed E-state index contributed by atoms with van der Waals surface area (Å²) in [6.07, 6.45) is 0.387. The predicted octanol–water partition coefficient (Wildman–Crippen LogP) is 5.21. The van der Waals surface area contributed by atoms with Gasteiger partial charge < -0.3 is 5.32 Å². The third-order valence-corrected chi connectivity index (χ3v) is 5.28. The summed E-state index contributed by atoms with van der Waals surface area (Å²) in [6, 6.07) is 16.1. The lowest BCUT2D eigenvalue weighted by atomic mass is 10.1. The molecule has 4 aromatic rings. The van der Waals surface area contributed by atoms with Crippen molar-refractivity contribution in [1.82, 2.24) is 19.6 Å². The molecule has 1 N–H and O–H groups in total. The summed E-state index contributed by atoms with van der Waals surface area (Å²) < 4.78 is 42.5. The fourth-order valence-electron chi connectivity index (χ4n) is 3.60. The molecule has 2 aromatic heterocycles. The maximum Gasteiger partial charge on any atom is 0.416 e. The van der Waals surface area contributed by atoms with E-state index >= 15 is 0 Å². The maximum absolute atomic E-state index is 13.2. The number of carbonyl (C=O) groups is 1. The van der Waals surface area contributed by atoms with E-state index in [-0.39, 0.29) is 11.6 Å². The zero-order valence-corrected chi connectivity index (χ0v) is 16.8. The zero-order chi connectivity index (χ0) is 22.3. The Bertz CT molecular complexity index is 1270. The summed E-state index contributed by atoms with van der Waals surface area (Å²) >= 11 is 0. The van der Waals surface area contributed by atoms with Crippen LogP contribution in [0.4, 0.5) is 19.0 Å². The molecule has 1 saturated carbocycles. The second-order valence-corrected chi connectivity index (χ2v) is 7.61. The van der Waals surface area contributed by atoms with E-state index in [1.165, 1.54) is 16.9 Å². The van der Waals surface area contributed by atoms with Gasteiger partial charge in [0.15, 0.2) is 5.82 Å². The number of anilines is 1. The number of hydrogen-bond acceptors (Lipinski definition) is 3. The molecular formula is C23H18F3N5O. The number of para-hydroxylation sites is 1. The first-order valence-corrected chi connectivity index (χ1v) is 10.1. The molecule has 0 saturated heterocycles. The summed E-state index contributed by atoms with van der Waals surface area (Å²) in [5.74, 6) is 0.0468. The van der Waals surface area contributed by atoms with Crippen LogP contribution in [-0.2, 0) is 6.18 Å². The van der Waals surface area contributed by atoms with E-state index in [0.29, 0.717) is 17.1 Å². The van der Waals surface area contributed by atoms with Crippen LogP contribution in [0.15, 0.2) is 73.1 Å². The Morgan fingerprint density at radius 3 is 2.47 bits per heavy atom. The van der Waals surface area contributed by atoms with E-state index in [1.807, 2.05) is 30.3 Å². The van der Waals surface area contributed by atoms with Crippen LogP contribution in [0, 0.1) is 0 Å². The van der Waals surface area contributed by atoms with Crippen LogP contribution in [-0.4, -0.2) is 25.5 Å². The van der Waals surface area contributed by atoms with E-state index in [0.717, 1.165) is 30.7 Å². The summed E-state index contributed by atoms with van der Waals surface area (Å²) in [4.78, 5) is 13.0. The van der Waals surface area contributed by atoms with Gasteiger partial charge in [-0.15, -0.1) is 0 Å². The van der Waals surface area contributed by atoms with E-state index in [4.69, 9.17) is 0 Å². The molecule has 1 amide bonds. The first-order valence-electron chi connectivity index (χ1n) is 10.1. The normalized spacial score (nSPS) is 13.8. The average molecular weight is 437 g/mol. The highest BCUT2D eigenvalue weighted by Crippen LogP contribution is 2.43. The number of carbonyl (C=O) groups excluding carboxylic acids is 1. The van der Waals surface area contributed by atoms with Crippen LogP contribution in [0.1, 0.15) is 40.4 Å². The molecule has 9 heteroatoms. The number of amides is 1. The fourth-order valence-corrected chi connectivity index (χ4v) is 3.60. The SMILES string of the molecule is O=C(Nc1ccn(-c2ccccc2)n1)c1cnn(-c2cccc(C(F)(F)F)c2)c1C1CC1. The van der Waals surface area contributed by atoms with Crippen molar-refractivity contribution >= 4 is 11.7 Å². The lowest BCUT2D eigenvalue weighted by Crippen LogP contribution is -2.15.